The van der Waals surface area contributed by atoms with E-state index in [0.29, 0.717) is 24.3 Å². The summed E-state index contributed by atoms with van der Waals surface area (Å²) in [6.45, 7) is 7.37. The number of nitrogens with zero attached hydrogens (tertiary/aromatic N) is 2. The highest BCUT2D eigenvalue weighted by molar-refractivity contribution is 7.89. The summed E-state index contributed by atoms with van der Waals surface area (Å²) >= 11 is 6.11. The third kappa shape index (κ3) is 4.20. The van der Waals surface area contributed by atoms with E-state index in [1.807, 2.05) is 0 Å². The number of rotatable bonds is 6. The number of hydrogen-bond donors (Lipinski definition) is 2. The summed E-state index contributed by atoms with van der Waals surface area (Å²) in [5.41, 5.74) is 0.292. The van der Waals surface area contributed by atoms with E-state index >= 15 is 0 Å². The number of carbonyl (C=O) groups excluding carboxylic acids is 1. The molecule has 27 heavy (non-hydrogen) atoms. The molecule has 0 aliphatic heterocycles. The summed E-state index contributed by atoms with van der Waals surface area (Å²) in [6.07, 6.45) is 0. The molecule has 1 amide bonds. The first-order chi connectivity index (χ1) is 12.6. The molecule has 8 nitrogen and oxygen atoms in total. The zero-order valence-electron chi connectivity index (χ0n) is 15.5. The fraction of sp³-hybridized carbons (Fsp3) is 0.353. The number of aromatic nitrogens is 2. The van der Waals surface area contributed by atoms with Gasteiger partial charge < -0.3 is 5.32 Å². The monoisotopic (exact) mass is 412 g/mol. The topological polar surface area (TPSA) is 112 Å². The number of carbonyl (C=O) groups is 1. The molecule has 0 spiro atoms. The van der Waals surface area contributed by atoms with Gasteiger partial charge in [-0.3, -0.25) is 9.59 Å². The highest BCUT2D eigenvalue weighted by Gasteiger charge is 2.23. The summed E-state index contributed by atoms with van der Waals surface area (Å²) in [7, 11) is -3.72. The Labute approximate surface area is 162 Å². The van der Waals surface area contributed by atoms with Gasteiger partial charge in [-0.15, -0.1) is 0 Å². The smallest absolute Gasteiger partial charge is 0.277 e. The number of anilines is 1. The summed E-state index contributed by atoms with van der Waals surface area (Å²) < 4.78 is 26.6. The first-order valence-electron chi connectivity index (χ1n) is 8.30. The number of aromatic amines is 1. The van der Waals surface area contributed by atoms with E-state index in [0.717, 1.165) is 0 Å². The predicted molar refractivity (Wildman–Crippen MR) is 104 cm³/mol. The van der Waals surface area contributed by atoms with Gasteiger partial charge in [-0.2, -0.15) is 9.40 Å². The molecule has 0 saturated heterocycles. The SMILES string of the molecule is CCN(CC)S(=O)(=O)c1ccc(Cl)c(NC(=O)c2c(C)c(C)n[nH]c2=O)c1. The third-order valence-corrected chi connectivity index (χ3v) is 6.60. The fourth-order valence-corrected chi connectivity index (χ4v) is 4.21. The molecule has 0 radical (unpaired) electrons. The molecule has 0 fully saturated rings. The van der Waals surface area contributed by atoms with E-state index in [2.05, 4.69) is 15.5 Å². The number of amides is 1. The molecule has 0 atom stereocenters. The Kier molecular flexibility index (Phi) is 6.40. The van der Waals surface area contributed by atoms with Crippen molar-refractivity contribution in [3.8, 4) is 0 Å². The largest absolute Gasteiger partial charge is 0.320 e. The Morgan fingerprint density at radius 2 is 1.89 bits per heavy atom. The van der Waals surface area contributed by atoms with Crippen molar-refractivity contribution in [3.05, 3.63) is 50.4 Å². The van der Waals surface area contributed by atoms with Crippen molar-refractivity contribution < 1.29 is 13.2 Å². The predicted octanol–water partition coefficient (Wildman–Crippen LogP) is 2.32. The second kappa shape index (κ2) is 8.20. The Balaban J connectivity index is 2.45. The summed E-state index contributed by atoms with van der Waals surface area (Å²) in [4.78, 5) is 24.6. The summed E-state index contributed by atoms with van der Waals surface area (Å²) in [5.74, 6) is -0.696. The minimum absolute atomic E-state index is 0.00226. The van der Waals surface area contributed by atoms with Crippen molar-refractivity contribution in [1.82, 2.24) is 14.5 Å². The van der Waals surface area contributed by atoms with E-state index in [1.54, 1.807) is 27.7 Å². The molecule has 0 bridgehead atoms. The van der Waals surface area contributed by atoms with Gasteiger partial charge in [-0.05, 0) is 37.6 Å². The summed E-state index contributed by atoms with van der Waals surface area (Å²) in [5, 5.41) is 8.73. The van der Waals surface area contributed by atoms with Crippen LogP contribution in [0.4, 0.5) is 5.69 Å². The molecule has 0 aliphatic rings. The number of hydrogen-bond acceptors (Lipinski definition) is 5. The van der Waals surface area contributed by atoms with Crippen LogP contribution in [0.25, 0.3) is 0 Å². The van der Waals surface area contributed by atoms with Crippen LogP contribution in [0, 0.1) is 13.8 Å². The van der Waals surface area contributed by atoms with Crippen molar-refractivity contribution in [2.24, 2.45) is 0 Å². The molecule has 0 aliphatic carbocycles. The van der Waals surface area contributed by atoms with Gasteiger partial charge in [0.05, 0.1) is 21.3 Å². The second-order valence-corrected chi connectivity index (χ2v) is 8.17. The van der Waals surface area contributed by atoms with Gasteiger partial charge in [-0.25, -0.2) is 13.5 Å². The van der Waals surface area contributed by atoms with Crippen LogP contribution in [-0.4, -0.2) is 41.9 Å². The number of H-pyrrole nitrogens is 1. The molecular weight excluding hydrogens is 392 g/mol. The van der Waals surface area contributed by atoms with Crippen LogP contribution in [0.3, 0.4) is 0 Å². The van der Waals surface area contributed by atoms with Crippen molar-refractivity contribution in [1.29, 1.82) is 0 Å². The van der Waals surface area contributed by atoms with Crippen LogP contribution in [0.1, 0.15) is 35.5 Å². The molecule has 2 rings (SSSR count). The number of halogens is 1. The molecule has 10 heteroatoms. The molecule has 146 valence electrons. The standard InChI is InChI=1S/C17H21ClN4O4S/c1-5-22(6-2)27(25,26)12-7-8-13(18)14(9-12)19-16(23)15-10(3)11(4)20-21-17(15)24/h7-9H,5-6H2,1-4H3,(H,19,23)(H,21,24). The van der Waals surface area contributed by atoms with Gasteiger partial charge >= 0.3 is 0 Å². The number of benzene rings is 1. The minimum atomic E-state index is -3.72. The quantitative estimate of drug-likeness (QED) is 0.756. The average Bonchev–Trinajstić information content (AvgIpc) is 2.61. The fourth-order valence-electron chi connectivity index (χ4n) is 2.56. The molecule has 2 aromatic rings. The van der Waals surface area contributed by atoms with Crippen LogP contribution in [0.5, 0.6) is 0 Å². The van der Waals surface area contributed by atoms with E-state index in [9.17, 15) is 18.0 Å². The van der Waals surface area contributed by atoms with Gasteiger partial charge in [0.15, 0.2) is 0 Å². The number of nitrogens with one attached hydrogen (secondary N) is 2. The molecule has 2 N–H and O–H groups in total. The molecule has 1 aromatic carbocycles. The van der Waals surface area contributed by atoms with Gasteiger partial charge in [0.1, 0.15) is 5.56 Å². The molecule has 1 aromatic heterocycles. The van der Waals surface area contributed by atoms with Gasteiger partial charge in [0.25, 0.3) is 11.5 Å². The van der Waals surface area contributed by atoms with Gasteiger partial charge in [-0.1, -0.05) is 25.4 Å². The average molecular weight is 413 g/mol. The van der Waals surface area contributed by atoms with Crippen LogP contribution < -0.4 is 10.9 Å². The number of sulfonamides is 1. The van der Waals surface area contributed by atoms with Crippen molar-refractivity contribution >= 4 is 33.2 Å². The van der Waals surface area contributed by atoms with E-state index in [-0.39, 0.29) is 21.2 Å². The van der Waals surface area contributed by atoms with Gasteiger partial charge in [0.2, 0.25) is 10.0 Å². The van der Waals surface area contributed by atoms with E-state index < -0.39 is 21.5 Å². The second-order valence-electron chi connectivity index (χ2n) is 5.82. The van der Waals surface area contributed by atoms with Crippen LogP contribution in [0.15, 0.2) is 27.9 Å². The minimum Gasteiger partial charge on any atom is -0.320 e. The lowest BCUT2D eigenvalue weighted by molar-refractivity contribution is 0.102. The Hall–Kier alpha value is -2.23. The highest BCUT2D eigenvalue weighted by Crippen LogP contribution is 2.27. The maximum Gasteiger partial charge on any atom is 0.277 e. The van der Waals surface area contributed by atoms with Crippen LogP contribution >= 0.6 is 11.6 Å². The van der Waals surface area contributed by atoms with E-state index in [1.165, 1.54) is 22.5 Å². The van der Waals surface area contributed by atoms with Gasteiger partial charge in [0, 0.05) is 13.1 Å². The normalized spacial score (nSPS) is 11.6. The lowest BCUT2D eigenvalue weighted by atomic mass is 10.1. The first-order valence-corrected chi connectivity index (χ1v) is 10.1. The van der Waals surface area contributed by atoms with E-state index in [4.69, 9.17) is 11.6 Å². The van der Waals surface area contributed by atoms with Crippen LogP contribution in [0.2, 0.25) is 5.02 Å². The van der Waals surface area contributed by atoms with Crippen molar-refractivity contribution in [2.45, 2.75) is 32.6 Å². The third-order valence-electron chi connectivity index (χ3n) is 4.23. The van der Waals surface area contributed by atoms with Crippen molar-refractivity contribution in [2.75, 3.05) is 18.4 Å². The Morgan fingerprint density at radius 1 is 1.26 bits per heavy atom. The lowest BCUT2D eigenvalue weighted by Gasteiger charge is -2.19. The first kappa shape index (κ1) is 21.1. The molecular formula is C17H21ClN4O4S. The highest BCUT2D eigenvalue weighted by atomic mass is 35.5. The Morgan fingerprint density at radius 3 is 2.48 bits per heavy atom. The Bertz CT molecular complexity index is 1030. The maximum atomic E-state index is 12.7. The maximum absolute atomic E-state index is 12.7. The zero-order valence-corrected chi connectivity index (χ0v) is 17.0. The molecule has 1 heterocycles. The molecule has 0 saturated carbocycles. The number of aryl methyl sites for hydroxylation is 1. The summed E-state index contributed by atoms with van der Waals surface area (Å²) in [6, 6.07) is 4.05. The lowest BCUT2D eigenvalue weighted by Crippen LogP contribution is -2.30. The van der Waals surface area contributed by atoms with Crippen molar-refractivity contribution in [3.63, 3.8) is 0 Å². The zero-order chi connectivity index (χ0) is 20.4. The van der Waals surface area contributed by atoms with Crippen LogP contribution in [-0.2, 0) is 10.0 Å². The molecule has 0 unspecified atom stereocenters.